The van der Waals surface area contributed by atoms with Crippen LogP contribution < -0.4 is 10.1 Å². The maximum absolute atomic E-state index is 11.9. The molecule has 1 heterocycles. The third-order valence-corrected chi connectivity index (χ3v) is 3.51. The lowest BCUT2D eigenvalue weighted by Crippen LogP contribution is -2.25. The standard InChI is InChI=1S/C15H14Cl2N2O2/c1-21-14-8-12(16)10(6-13(14)17)7-15(20)19-9-11-4-2-3-5-18-11/h2-6,8H,7,9H2,1H3,(H,19,20). The quantitative estimate of drug-likeness (QED) is 0.918. The minimum atomic E-state index is -0.149. The first-order valence-corrected chi connectivity index (χ1v) is 7.04. The molecule has 0 spiro atoms. The Morgan fingerprint density at radius 2 is 2.10 bits per heavy atom. The lowest BCUT2D eigenvalue weighted by Gasteiger charge is -2.09. The van der Waals surface area contributed by atoms with E-state index in [0.29, 0.717) is 27.9 Å². The minimum absolute atomic E-state index is 0.148. The summed E-state index contributed by atoms with van der Waals surface area (Å²) in [7, 11) is 1.51. The molecule has 2 rings (SSSR count). The van der Waals surface area contributed by atoms with Crippen LogP contribution in [0.25, 0.3) is 0 Å². The van der Waals surface area contributed by atoms with E-state index in [-0.39, 0.29) is 12.3 Å². The molecule has 0 bridgehead atoms. The molecule has 21 heavy (non-hydrogen) atoms. The Hall–Kier alpha value is -1.78. The third-order valence-electron chi connectivity index (χ3n) is 2.86. The highest BCUT2D eigenvalue weighted by Gasteiger charge is 2.11. The maximum Gasteiger partial charge on any atom is 0.224 e. The molecule has 0 aliphatic carbocycles. The van der Waals surface area contributed by atoms with Crippen molar-refractivity contribution in [3.05, 3.63) is 57.8 Å². The van der Waals surface area contributed by atoms with Gasteiger partial charge in [-0.3, -0.25) is 9.78 Å². The molecule has 0 unspecified atom stereocenters. The molecule has 0 atom stereocenters. The Balaban J connectivity index is 1.98. The number of halogens is 2. The number of carbonyl (C=O) groups excluding carboxylic acids is 1. The molecule has 0 fully saturated rings. The van der Waals surface area contributed by atoms with Gasteiger partial charge in [0.25, 0.3) is 0 Å². The van der Waals surface area contributed by atoms with Crippen molar-refractivity contribution >= 4 is 29.1 Å². The Morgan fingerprint density at radius 3 is 2.76 bits per heavy atom. The highest BCUT2D eigenvalue weighted by molar-refractivity contribution is 6.34. The van der Waals surface area contributed by atoms with Gasteiger partial charge in [0.1, 0.15) is 5.75 Å². The fourth-order valence-corrected chi connectivity index (χ4v) is 2.27. The normalized spacial score (nSPS) is 10.2. The van der Waals surface area contributed by atoms with Gasteiger partial charge in [-0.2, -0.15) is 0 Å². The molecule has 6 heteroatoms. The van der Waals surface area contributed by atoms with Gasteiger partial charge in [-0.25, -0.2) is 0 Å². The highest BCUT2D eigenvalue weighted by Crippen LogP contribution is 2.31. The average molecular weight is 325 g/mol. The molecular weight excluding hydrogens is 311 g/mol. The first-order valence-electron chi connectivity index (χ1n) is 6.28. The van der Waals surface area contributed by atoms with Crippen molar-refractivity contribution in [2.45, 2.75) is 13.0 Å². The smallest absolute Gasteiger partial charge is 0.224 e. The Labute approximate surface area is 133 Å². The van der Waals surface area contributed by atoms with Crippen LogP contribution in [-0.4, -0.2) is 18.0 Å². The first kappa shape index (κ1) is 15.6. The highest BCUT2D eigenvalue weighted by atomic mass is 35.5. The number of aromatic nitrogens is 1. The molecule has 4 nitrogen and oxygen atoms in total. The second-order valence-electron chi connectivity index (χ2n) is 4.35. The van der Waals surface area contributed by atoms with Gasteiger partial charge in [-0.1, -0.05) is 29.3 Å². The van der Waals surface area contributed by atoms with Crippen LogP contribution >= 0.6 is 23.2 Å². The monoisotopic (exact) mass is 324 g/mol. The predicted molar refractivity (Wildman–Crippen MR) is 82.8 cm³/mol. The van der Waals surface area contributed by atoms with Gasteiger partial charge in [-0.15, -0.1) is 0 Å². The van der Waals surface area contributed by atoms with E-state index in [1.54, 1.807) is 18.3 Å². The van der Waals surface area contributed by atoms with Crippen LogP contribution in [-0.2, 0) is 17.8 Å². The van der Waals surface area contributed by atoms with Crippen LogP contribution in [0.2, 0.25) is 10.0 Å². The number of nitrogens with zero attached hydrogens (tertiary/aromatic N) is 1. The van der Waals surface area contributed by atoms with Gasteiger partial charge in [0.2, 0.25) is 5.91 Å². The summed E-state index contributed by atoms with van der Waals surface area (Å²) in [6.07, 6.45) is 1.83. The van der Waals surface area contributed by atoms with Gasteiger partial charge >= 0.3 is 0 Å². The lowest BCUT2D eigenvalue weighted by molar-refractivity contribution is -0.120. The van der Waals surface area contributed by atoms with Crippen LogP contribution in [0.5, 0.6) is 5.75 Å². The van der Waals surface area contributed by atoms with E-state index in [9.17, 15) is 4.79 Å². The van der Waals surface area contributed by atoms with Crippen LogP contribution in [0.15, 0.2) is 36.5 Å². The van der Waals surface area contributed by atoms with E-state index < -0.39 is 0 Å². The summed E-state index contributed by atoms with van der Waals surface area (Å²) in [4.78, 5) is 16.1. The number of benzene rings is 1. The van der Waals surface area contributed by atoms with Crippen molar-refractivity contribution in [2.75, 3.05) is 7.11 Å². The number of nitrogens with one attached hydrogen (secondary N) is 1. The molecular formula is C15H14Cl2N2O2. The fourth-order valence-electron chi connectivity index (χ4n) is 1.79. The van der Waals surface area contributed by atoms with Crippen LogP contribution in [0.4, 0.5) is 0 Å². The van der Waals surface area contributed by atoms with E-state index in [4.69, 9.17) is 27.9 Å². The largest absolute Gasteiger partial charge is 0.495 e. The zero-order valence-corrected chi connectivity index (χ0v) is 12.9. The minimum Gasteiger partial charge on any atom is -0.495 e. The maximum atomic E-state index is 11.9. The summed E-state index contributed by atoms with van der Waals surface area (Å²) in [6, 6.07) is 8.78. The van der Waals surface area contributed by atoms with Crippen LogP contribution in [0.1, 0.15) is 11.3 Å². The molecule has 1 aromatic heterocycles. The Morgan fingerprint density at radius 1 is 1.29 bits per heavy atom. The Bertz CT molecular complexity index is 633. The van der Waals surface area contributed by atoms with Crippen molar-refractivity contribution in [1.82, 2.24) is 10.3 Å². The van der Waals surface area contributed by atoms with E-state index in [0.717, 1.165) is 5.69 Å². The summed E-state index contributed by atoms with van der Waals surface area (Å²) in [6.45, 7) is 0.376. The summed E-state index contributed by atoms with van der Waals surface area (Å²) in [5.74, 6) is 0.336. The first-order chi connectivity index (χ1) is 10.1. The molecule has 0 radical (unpaired) electrons. The summed E-state index contributed by atoms with van der Waals surface area (Å²) < 4.78 is 5.07. The van der Waals surface area contributed by atoms with E-state index in [1.807, 2.05) is 18.2 Å². The van der Waals surface area contributed by atoms with Gasteiger partial charge in [0, 0.05) is 17.3 Å². The molecule has 110 valence electrons. The van der Waals surface area contributed by atoms with E-state index in [2.05, 4.69) is 10.3 Å². The zero-order chi connectivity index (χ0) is 15.2. The average Bonchev–Trinajstić information content (AvgIpc) is 2.49. The molecule has 1 aromatic carbocycles. The number of ether oxygens (including phenoxy) is 1. The second kappa shape index (κ2) is 7.29. The summed E-state index contributed by atoms with van der Waals surface area (Å²) in [5, 5.41) is 3.66. The van der Waals surface area contributed by atoms with Gasteiger partial charge in [0.05, 0.1) is 30.8 Å². The van der Waals surface area contributed by atoms with Crippen molar-refractivity contribution in [3.63, 3.8) is 0 Å². The van der Waals surface area contributed by atoms with Crippen LogP contribution in [0, 0.1) is 0 Å². The van der Waals surface area contributed by atoms with E-state index in [1.165, 1.54) is 7.11 Å². The van der Waals surface area contributed by atoms with Gasteiger partial charge in [0.15, 0.2) is 0 Å². The van der Waals surface area contributed by atoms with Crippen molar-refractivity contribution in [3.8, 4) is 5.75 Å². The summed E-state index contributed by atoms with van der Waals surface area (Å²) >= 11 is 12.1. The molecule has 0 aliphatic rings. The molecule has 0 saturated heterocycles. The number of amides is 1. The van der Waals surface area contributed by atoms with Gasteiger partial charge < -0.3 is 10.1 Å². The van der Waals surface area contributed by atoms with Crippen LogP contribution in [0.3, 0.4) is 0 Å². The van der Waals surface area contributed by atoms with Crippen molar-refractivity contribution in [1.29, 1.82) is 0 Å². The number of rotatable bonds is 5. The molecule has 1 amide bonds. The van der Waals surface area contributed by atoms with Gasteiger partial charge in [-0.05, 0) is 23.8 Å². The topological polar surface area (TPSA) is 51.2 Å². The zero-order valence-electron chi connectivity index (χ0n) is 11.4. The SMILES string of the molecule is COc1cc(Cl)c(CC(=O)NCc2ccccn2)cc1Cl. The summed E-state index contributed by atoms with van der Waals surface area (Å²) in [5.41, 5.74) is 1.45. The van der Waals surface area contributed by atoms with Crippen molar-refractivity contribution < 1.29 is 9.53 Å². The molecule has 2 aromatic rings. The number of carbonyl (C=O) groups is 1. The number of pyridine rings is 1. The van der Waals surface area contributed by atoms with Crippen molar-refractivity contribution in [2.24, 2.45) is 0 Å². The molecule has 0 saturated carbocycles. The number of hydrogen-bond donors (Lipinski definition) is 1. The third kappa shape index (κ3) is 4.34. The predicted octanol–water partition coefficient (Wildman–Crippen LogP) is 3.26. The van der Waals surface area contributed by atoms with E-state index >= 15 is 0 Å². The molecule has 1 N–H and O–H groups in total. The number of hydrogen-bond acceptors (Lipinski definition) is 3. The Kier molecular flexibility index (Phi) is 5.42. The second-order valence-corrected chi connectivity index (χ2v) is 5.17. The lowest BCUT2D eigenvalue weighted by atomic mass is 10.1. The number of methoxy groups -OCH3 is 1. The molecule has 0 aliphatic heterocycles. The fraction of sp³-hybridized carbons (Fsp3) is 0.200.